The van der Waals surface area contributed by atoms with Crippen molar-refractivity contribution in [1.82, 2.24) is 0 Å². The van der Waals surface area contributed by atoms with Crippen LogP contribution in [0.1, 0.15) is 45.4 Å². The van der Waals surface area contributed by atoms with Gasteiger partial charge in [0.25, 0.3) is 0 Å². The summed E-state index contributed by atoms with van der Waals surface area (Å²) >= 11 is 0. The minimum atomic E-state index is -1.10. The first-order chi connectivity index (χ1) is 6.64. The van der Waals surface area contributed by atoms with E-state index < -0.39 is 11.7 Å². The molecule has 0 aliphatic heterocycles. The van der Waals surface area contributed by atoms with Crippen LogP contribution in [0.4, 0.5) is 0 Å². The van der Waals surface area contributed by atoms with Gasteiger partial charge < -0.3 is 9.84 Å². The van der Waals surface area contributed by atoms with Crippen LogP contribution in [-0.4, -0.2) is 29.7 Å². The molecule has 0 bridgehead atoms. The van der Waals surface area contributed by atoms with Gasteiger partial charge >= 0.3 is 0 Å². The number of carbonyl (C=O) groups excluding carboxylic acids is 1. The highest BCUT2D eigenvalue weighted by Gasteiger charge is 2.40. The van der Waals surface area contributed by atoms with Crippen LogP contribution >= 0.6 is 0 Å². The van der Waals surface area contributed by atoms with Gasteiger partial charge in [0.2, 0.25) is 0 Å². The maximum atomic E-state index is 11.9. The highest BCUT2D eigenvalue weighted by atomic mass is 16.5. The Morgan fingerprint density at radius 3 is 2.43 bits per heavy atom. The summed E-state index contributed by atoms with van der Waals surface area (Å²) in [4.78, 5) is 11.9. The highest BCUT2D eigenvalue weighted by Crippen LogP contribution is 2.30. The van der Waals surface area contributed by atoms with Gasteiger partial charge in [0.1, 0.15) is 11.7 Å². The summed E-state index contributed by atoms with van der Waals surface area (Å²) in [6, 6.07) is 0. The van der Waals surface area contributed by atoms with Crippen LogP contribution < -0.4 is 0 Å². The zero-order chi connectivity index (χ0) is 10.6. The molecule has 3 heteroatoms. The lowest BCUT2D eigenvalue weighted by atomic mass is 9.79. The Morgan fingerprint density at radius 2 is 2.00 bits per heavy atom. The van der Waals surface area contributed by atoms with Crippen molar-refractivity contribution in [2.24, 2.45) is 0 Å². The quantitative estimate of drug-likeness (QED) is 0.751. The van der Waals surface area contributed by atoms with Crippen LogP contribution in [-0.2, 0) is 9.53 Å². The molecule has 14 heavy (non-hydrogen) atoms. The van der Waals surface area contributed by atoms with Gasteiger partial charge in [-0.15, -0.1) is 0 Å². The predicted octanol–water partition coefficient (Wildman–Crippen LogP) is 1.68. The minimum Gasteiger partial charge on any atom is -0.382 e. The first-order valence-corrected chi connectivity index (χ1v) is 5.43. The number of methoxy groups -OCH3 is 1. The maximum Gasteiger partial charge on any atom is 0.192 e. The summed E-state index contributed by atoms with van der Waals surface area (Å²) in [6.45, 7) is 1.90. The van der Waals surface area contributed by atoms with Crippen LogP contribution in [0, 0.1) is 0 Å². The number of Topliss-reactive ketones (excluding diaryl/α,β-unsaturated/α-hetero) is 1. The lowest BCUT2D eigenvalue weighted by Crippen LogP contribution is -2.46. The molecule has 0 radical (unpaired) electrons. The van der Waals surface area contributed by atoms with Crippen molar-refractivity contribution in [3.8, 4) is 0 Å². The molecule has 1 rings (SSSR count). The van der Waals surface area contributed by atoms with Crippen LogP contribution in [0.2, 0.25) is 0 Å². The van der Waals surface area contributed by atoms with Gasteiger partial charge in [-0.1, -0.05) is 26.2 Å². The molecule has 1 unspecified atom stereocenters. The molecular weight excluding hydrogens is 180 g/mol. The summed E-state index contributed by atoms with van der Waals surface area (Å²) in [6.07, 6.45) is 4.43. The highest BCUT2D eigenvalue weighted by molar-refractivity contribution is 5.91. The van der Waals surface area contributed by atoms with Gasteiger partial charge in [0.05, 0.1) is 0 Å². The zero-order valence-electron chi connectivity index (χ0n) is 9.08. The van der Waals surface area contributed by atoms with E-state index in [0.29, 0.717) is 19.3 Å². The Balaban J connectivity index is 2.64. The third-order valence-corrected chi connectivity index (χ3v) is 3.09. The molecule has 0 aromatic rings. The molecule has 0 heterocycles. The summed E-state index contributed by atoms with van der Waals surface area (Å²) in [5.74, 6) is -0.123. The van der Waals surface area contributed by atoms with Crippen LogP contribution in [0.15, 0.2) is 0 Å². The molecule has 1 saturated carbocycles. The fourth-order valence-electron chi connectivity index (χ4n) is 2.14. The molecule has 0 aromatic heterocycles. The smallest absolute Gasteiger partial charge is 0.192 e. The number of aliphatic hydroxyl groups is 1. The van der Waals surface area contributed by atoms with E-state index in [1.807, 2.05) is 6.92 Å². The zero-order valence-corrected chi connectivity index (χ0v) is 9.08. The predicted molar refractivity (Wildman–Crippen MR) is 54.1 cm³/mol. The molecule has 1 atom stereocenters. The standard InChI is InChI=1S/C11H20O3/c1-3-9(14-2)10(12)11(13)7-5-4-6-8-11/h9,13H,3-8H2,1-2H3. The van der Waals surface area contributed by atoms with Gasteiger partial charge in [-0.3, -0.25) is 4.79 Å². The molecule has 0 spiro atoms. The Morgan fingerprint density at radius 1 is 1.43 bits per heavy atom. The fourth-order valence-corrected chi connectivity index (χ4v) is 2.14. The maximum absolute atomic E-state index is 11.9. The van der Waals surface area contributed by atoms with Crippen molar-refractivity contribution in [1.29, 1.82) is 0 Å². The SMILES string of the molecule is CCC(OC)C(=O)C1(O)CCCCC1. The van der Waals surface area contributed by atoms with Crippen molar-refractivity contribution in [3.63, 3.8) is 0 Å². The summed E-state index contributed by atoms with van der Waals surface area (Å²) in [5, 5.41) is 10.1. The Bertz CT molecular complexity index is 191. The first-order valence-electron chi connectivity index (χ1n) is 5.43. The second-order valence-corrected chi connectivity index (χ2v) is 4.09. The van der Waals surface area contributed by atoms with E-state index in [-0.39, 0.29) is 5.78 Å². The van der Waals surface area contributed by atoms with E-state index in [0.717, 1.165) is 19.3 Å². The third kappa shape index (κ3) is 2.34. The van der Waals surface area contributed by atoms with E-state index in [2.05, 4.69) is 0 Å². The van der Waals surface area contributed by atoms with Crippen molar-refractivity contribution >= 4 is 5.78 Å². The molecule has 1 aliphatic rings. The number of ether oxygens (including phenoxy) is 1. The van der Waals surface area contributed by atoms with Crippen molar-refractivity contribution < 1.29 is 14.6 Å². The van der Waals surface area contributed by atoms with E-state index in [1.54, 1.807) is 0 Å². The number of hydrogen-bond donors (Lipinski definition) is 1. The summed E-state index contributed by atoms with van der Waals surface area (Å²) in [7, 11) is 1.53. The molecule has 0 amide bonds. The Labute approximate surface area is 85.5 Å². The first kappa shape index (κ1) is 11.7. The second kappa shape index (κ2) is 4.89. The topological polar surface area (TPSA) is 46.5 Å². The number of carbonyl (C=O) groups is 1. The minimum absolute atomic E-state index is 0.123. The van der Waals surface area contributed by atoms with E-state index in [1.165, 1.54) is 7.11 Å². The van der Waals surface area contributed by atoms with Crippen LogP contribution in [0.3, 0.4) is 0 Å². The monoisotopic (exact) mass is 200 g/mol. The number of hydrogen-bond acceptors (Lipinski definition) is 3. The molecule has 1 N–H and O–H groups in total. The van der Waals surface area contributed by atoms with Gasteiger partial charge in [-0.25, -0.2) is 0 Å². The molecular formula is C11H20O3. The molecule has 1 fully saturated rings. The van der Waals surface area contributed by atoms with Gasteiger partial charge in [0, 0.05) is 7.11 Å². The molecule has 1 aliphatic carbocycles. The van der Waals surface area contributed by atoms with E-state index >= 15 is 0 Å². The molecule has 82 valence electrons. The van der Waals surface area contributed by atoms with E-state index in [9.17, 15) is 9.90 Å². The normalized spacial score (nSPS) is 23.1. The molecule has 0 aromatic carbocycles. The molecule has 0 saturated heterocycles. The third-order valence-electron chi connectivity index (χ3n) is 3.09. The average molecular weight is 200 g/mol. The van der Waals surface area contributed by atoms with E-state index in [4.69, 9.17) is 4.74 Å². The lowest BCUT2D eigenvalue weighted by molar-refractivity contribution is -0.151. The number of ketones is 1. The Hall–Kier alpha value is -0.410. The lowest BCUT2D eigenvalue weighted by Gasteiger charge is -2.32. The van der Waals surface area contributed by atoms with Gasteiger partial charge in [-0.2, -0.15) is 0 Å². The van der Waals surface area contributed by atoms with Crippen LogP contribution in [0.25, 0.3) is 0 Å². The van der Waals surface area contributed by atoms with Gasteiger partial charge in [-0.05, 0) is 19.3 Å². The van der Waals surface area contributed by atoms with Gasteiger partial charge in [0.15, 0.2) is 5.78 Å². The number of rotatable bonds is 4. The summed E-state index contributed by atoms with van der Waals surface area (Å²) < 4.78 is 5.07. The summed E-state index contributed by atoms with van der Waals surface area (Å²) in [5.41, 5.74) is -1.10. The second-order valence-electron chi connectivity index (χ2n) is 4.09. The average Bonchev–Trinajstić information content (AvgIpc) is 2.20. The molecule has 3 nitrogen and oxygen atoms in total. The van der Waals surface area contributed by atoms with Crippen molar-refractivity contribution in [3.05, 3.63) is 0 Å². The Kier molecular flexibility index (Phi) is 4.08. The fraction of sp³-hybridized carbons (Fsp3) is 0.909. The largest absolute Gasteiger partial charge is 0.382 e. The van der Waals surface area contributed by atoms with Crippen LogP contribution in [0.5, 0.6) is 0 Å². The van der Waals surface area contributed by atoms with Crippen molar-refractivity contribution in [2.45, 2.75) is 57.2 Å². The van der Waals surface area contributed by atoms with Crippen molar-refractivity contribution in [2.75, 3.05) is 7.11 Å².